The summed E-state index contributed by atoms with van der Waals surface area (Å²) < 4.78 is 5.83. The Labute approximate surface area is 175 Å². The van der Waals surface area contributed by atoms with Crippen molar-refractivity contribution in [2.75, 3.05) is 26.7 Å². The smallest absolute Gasteiger partial charge is 0.119 e. The standard InChI is InChI=1S/C25H34N2O2/c1-26(17-21-7-3-2-4-8-21)19-23(28)20-29-24-11-9-22(10-12-24)18-27-16-6-5-13-25(27)14-15-25/h2-4,7-12,23,28H,5-6,13-20H2,1H3/t23-/m1/s1. The highest BCUT2D eigenvalue weighted by Gasteiger charge is 2.48. The molecule has 0 bridgehead atoms. The zero-order valence-corrected chi connectivity index (χ0v) is 17.6. The Kier molecular flexibility index (Phi) is 6.53. The van der Waals surface area contributed by atoms with E-state index in [1.54, 1.807) is 0 Å². The minimum absolute atomic E-state index is 0.313. The molecule has 1 aliphatic carbocycles. The van der Waals surface area contributed by atoms with Crippen molar-refractivity contribution in [2.45, 2.75) is 56.8 Å². The molecule has 4 rings (SSSR count). The van der Waals surface area contributed by atoms with E-state index >= 15 is 0 Å². The van der Waals surface area contributed by atoms with Gasteiger partial charge in [-0.2, -0.15) is 0 Å². The maximum absolute atomic E-state index is 10.3. The zero-order valence-electron chi connectivity index (χ0n) is 17.6. The molecule has 2 aromatic carbocycles. The first-order chi connectivity index (χ1) is 14.1. The van der Waals surface area contributed by atoms with Gasteiger partial charge in [0, 0.05) is 25.2 Å². The van der Waals surface area contributed by atoms with Gasteiger partial charge in [-0.25, -0.2) is 0 Å². The van der Waals surface area contributed by atoms with E-state index in [9.17, 15) is 5.11 Å². The number of hydrogen-bond acceptors (Lipinski definition) is 4. The van der Waals surface area contributed by atoms with Crippen molar-refractivity contribution in [3.8, 4) is 5.75 Å². The van der Waals surface area contributed by atoms with Crippen LogP contribution in [0, 0.1) is 0 Å². The second-order valence-electron chi connectivity index (χ2n) is 8.89. The number of piperidine rings is 1. The van der Waals surface area contributed by atoms with Crippen molar-refractivity contribution in [3.05, 3.63) is 65.7 Å². The predicted molar refractivity (Wildman–Crippen MR) is 117 cm³/mol. The first kappa shape index (κ1) is 20.4. The molecule has 1 aliphatic heterocycles. The van der Waals surface area contributed by atoms with Gasteiger partial charge in [0.2, 0.25) is 0 Å². The number of ether oxygens (including phenoxy) is 1. The van der Waals surface area contributed by atoms with Crippen molar-refractivity contribution < 1.29 is 9.84 Å². The van der Waals surface area contributed by atoms with Gasteiger partial charge in [0.1, 0.15) is 18.5 Å². The van der Waals surface area contributed by atoms with E-state index in [-0.39, 0.29) is 0 Å². The molecule has 2 aromatic rings. The van der Waals surface area contributed by atoms with Crippen LogP contribution in [-0.2, 0) is 13.1 Å². The van der Waals surface area contributed by atoms with Gasteiger partial charge in [0.15, 0.2) is 0 Å². The van der Waals surface area contributed by atoms with Crippen molar-refractivity contribution in [1.29, 1.82) is 0 Å². The van der Waals surface area contributed by atoms with Gasteiger partial charge in [-0.3, -0.25) is 9.80 Å². The molecule has 1 N–H and O–H groups in total. The van der Waals surface area contributed by atoms with E-state index < -0.39 is 6.10 Å². The number of benzene rings is 2. The fourth-order valence-corrected chi connectivity index (χ4v) is 4.59. The highest BCUT2D eigenvalue weighted by Crippen LogP contribution is 2.48. The topological polar surface area (TPSA) is 35.9 Å². The minimum atomic E-state index is -0.508. The van der Waals surface area contributed by atoms with Crippen LogP contribution in [0.4, 0.5) is 0 Å². The van der Waals surface area contributed by atoms with Gasteiger partial charge in [-0.15, -0.1) is 0 Å². The average Bonchev–Trinajstić information content (AvgIpc) is 3.50. The lowest BCUT2D eigenvalue weighted by molar-refractivity contribution is 0.0743. The molecule has 1 atom stereocenters. The van der Waals surface area contributed by atoms with Crippen LogP contribution >= 0.6 is 0 Å². The lowest BCUT2D eigenvalue weighted by Gasteiger charge is -2.36. The van der Waals surface area contributed by atoms with E-state index in [4.69, 9.17) is 4.74 Å². The number of hydrogen-bond donors (Lipinski definition) is 1. The van der Waals surface area contributed by atoms with Crippen LogP contribution in [-0.4, -0.2) is 53.3 Å². The Balaban J connectivity index is 1.20. The van der Waals surface area contributed by atoms with Crippen molar-refractivity contribution in [2.24, 2.45) is 0 Å². The van der Waals surface area contributed by atoms with E-state index in [0.717, 1.165) is 18.8 Å². The molecule has 156 valence electrons. The van der Waals surface area contributed by atoms with Gasteiger partial charge in [0.25, 0.3) is 0 Å². The molecule has 1 saturated carbocycles. The fraction of sp³-hybridized carbons (Fsp3) is 0.520. The SMILES string of the molecule is CN(Cc1ccccc1)C[C@@H](O)COc1ccc(CN2CCCCC23CC3)cc1. The summed E-state index contributed by atoms with van der Waals surface area (Å²) in [7, 11) is 2.03. The zero-order chi connectivity index (χ0) is 20.1. The Morgan fingerprint density at radius 2 is 1.76 bits per heavy atom. The second-order valence-corrected chi connectivity index (χ2v) is 8.89. The summed E-state index contributed by atoms with van der Waals surface area (Å²) in [6.07, 6.45) is 6.36. The van der Waals surface area contributed by atoms with Crippen LogP contribution in [0.25, 0.3) is 0 Å². The Bertz CT molecular complexity index is 758. The molecule has 0 radical (unpaired) electrons. The minimum Gasteiger partial charge on any atom is -0.491 e. The summed E-state index contributed by atoms with van der Waals surface area (Å²) in [5.41, 5.74) is 3.14. The van der Waals surface area contributed by atoms with Crippen LogP contribution < -0.4 is 4.74 Å². The molecule has 1 spiro atoms. The number of rotatable bonds is 9. The Hall–Kier alpha value is -1.88. The summed E-state index contributed by atoms with van der Waals surface area (Å²) in [6.45, 7) is 4.01. The summed E-state index contributed by atoms with van der Waals surface area (Å²) in [5.74, 6) is 0.832. The molecule has 0 aromatic heterocycles. The summed E-state index contributed by atoms with van der Waals surface area (Å²) in [6, 6.07) is 18.8. The lowest BCUT2D eigenvalue weighted by atomic mass is 9.99. The molecule has 4 heteroatoms. The molecule has 1 saturated heterocycles. The molecule has 29 heavy (non-hydrogen) atoms. The van der Waals surface area contributed by atoms with E-state index in [1.807, 2.05) is 37.4 Å². The Morgan fingerprint density at radius 3 is 2.48 bits per heavy atom. The third-order valence-corrected chi connectivity index (χ3v) is 6.38. The van der Waals surface area contributed by atoms with E-state index in [2.05, 4.69) is 34.1 Å². The van der Waals surface area contributed by atoms with Crippen molar-refractivity contribution >= 4 is 0 Å². The highest BCUT2D eigenvalue weighted by molar-refractivity contribution is 5.28. The number of likely N-dealkylation sites (N-methyl/N-ethyl adjacent to an activating group) is 1. The van der Waals surface area contributed by atoms with Crippen LogP contribution in [0.3, 0.4) is 0 Å². The fourth-order valence-electron chi connectivity index (χ4n) is 4.59. The first-order valence-electron chi connectivity index (χ1n) is 11.0. The molecular weight excluding hydrogens is 360 g/mol. The highest BCUT2D eigenvalue weighted by atomic mass is 16.5. The van der Waals surface area contributed by atoms with Gasteiger partial charge in [0.05, 0.1) is 0 Å². The third kappa shape index (κ3) is 5.59. The number of likely N-dealkylation sites (tertiary alicyclic amines) is 1. The third-order valence-electron chi connectivity index (χ3n) is 6.38. The average molecular weight is 395 g/mol. The monoisotopic (exact) mass is 394 g/mol. The van der Waals surface area contributed by atoms with Crippen LogP contribution in [0.1, 0.15) is 43.2 Å². The quantitative estimate of drug-likeness (QED) is 0.695. The van der Waals surface area contributed by atoms with E-state index in [0.29, 0.717) is 18.7 Å². The van der Waals surface area contributed by atoms with Crippen molar-refractivity contribution in [3.63, 3.8) is 0 Å². The second kappa shape index (κ2) is 9.29. The van der Waals surface area contributed by atoms with Gasteiger partial charge in [-0.05, 0) is 62.5 Å². The summed E-state index contributed by atoms with van der Waals surface area (Å²) in [4.78, 5) is 4.82. The molecule has 0 unspecified atom stereocenters. The van der Waals surface area contributed by atoms with Gasteiger partial charge in [-0.1, -0.05) is 48.9 Å². The number of aliphatic hydroxyl groups is 1. The normalized spacial score (nSPS) is 19.4. The molecule has 2 aliphatic rings. The Morgan fingerprint density at radius 1 is 1.00 bits per heavy atom. The number of nitrogens with zero attached hydrogens (tertiary/aromatic N) is 2. The van der Waals surface area contributed by atoms with E-state index in [1.165, 1.54) is 49.8 Å². The largest absolute Gasteiger partial charge is 0.491 e. The first-order valence-corrected chi connectivity index (χ1v) is 11.0. The molecule has 4 nitrogen and oxygen atoms in total. The van der Waals surface area contributed by atoms with Crippen LogP contribution in [0.15, 0.2) is 54.6 Å². The van der Waals surface area contributed by atoms with Crippen LogP contribution in [0.2, 0.25) is 0 Å². The maximum Gasteiger partial charge on any atom is 0.119 e. The predicted octanol–water partition coefficient (Wildman–Crippen LogP) is 4.08. The number of aliphatic hydroxyl groups excluding tert-OH is 1. The van der Waals surface area contributed by atoms with Crippen LogP contribution in [0.5, 0.6) is 5.75 Å². The maximum atomic E-state index is 10.3. The molecule has 2 fully saturated rings. The summed E-state index contributed by atoms with van der Waals surface area (Å²) in [5, 5.41) is 10.3. The summed E-state index contributed by atoms with van der Waals surface area (Å²) >= 11 is 0. The van der Waals surface area contributed by atoms with Crippen molar-refractivity contribution in [1.82, 2.24) is 9.80 Å². The van der Waals surface area contributed by atoms with Gasteiger partial charge < -0.3 is 9.84 Å². The van der Waals surface area contributed by atoms with Gasteiger partial charge >= 0.3 is 0 Å². The molecule has 1 heterocycles. The molecule has 0 amide bonds. The molecular formula is C25H34N2O2. The lowest BCUT2D eigenvalue weighted by Crippen LogP contribution is -2.40.